The van der Waals surface area contributed by atoms with Gasteiger partial charge in [0, 0.05) is 5.69 Å². The Labute approximate surface area is 80.5 Å². The number of hydrogen-bond donors (Lipinski definition) is 0. The SMILES string of the molecule is C=CN(CC(F)(F)F)c1ccccc1. The van der Waals surface area contributed by atoms with E-state index in [1.54, 1.807) is 30.3 Å². The molecule has 0 aliphatic carbocycles. The van der Waals surface area contributed by atoms with Gasteiger partial charge >= 0.3 is 6.18 Å². The standard InChI is InChI=1S/C10H10F3N/c1-2-14(8-10(11,12)13)9-6-4-3-5-7-9/h2-7H,1,8H2. The minimum atomic E-state index is -4.22. The lowest BCUT2D eigenvalue weighted by molar-refractivity contribution is -0.118. The fourth-order valence-corrected chi connectivity index (χ4v) is 1.07. The number of benzene rings is 1. The normalized spacial score (nSPS) is 11.1. The summed E-state index contributed by atoms with van der Waals surface area (Å²) < 4.78 is 36.3. The zero-order valence-corrected chi connectivity index (χ0v) is 7.46. The van der Waals surface area contributed by atoms with Crippen LogP contribution in [0.4, 0.5) is 18.9 Å². The molecule has 0 aliphatic rings. The number of halogens is 3. The number of hydrogen-bond acceptors (Lipinski definition) is 1. The minimum absolute atomic E-state index is 0.486. The predicted molar refractivity (Wildman–Crippen MR) is 50.0 cm³/mol. The Morgan fingerprint density at radius 2 is 1.79 bits per heavy atom. The van der Waals surface area contributed by atoms with Crippen LogP contribution in [0.5, 0.6) is 0 Å². The van der Waals surface area contributed by atoms with Gasteiger partial charge < -0.3 is 4.90 Å². The van der Waals surface area contributed by atoms with Crippen LogP contribution in [-0.2, 0) is 0 Å². The predicted octanol–water partition coefficient (Wildman–Crippen LogP) is 3.20. The monoisotopic (exact) mass is 201 g/mol. The second kappa shape index (κ2) is 4.17. The van der Waals surface area contributed by atoms with Crippen LogP contribution >= 0.6 is 0 Å². The molecule has 1 aromatic carbocycles. The van der Waals surface area contributed by atoms with Crippen molar-refractivity contribution in [3.8, 4) is 0 Å². The van der Waals surface area contributed by atoms with Gasteiger partial charge in [0.1, 0.15) is 6.54 Å². The molecule has 0 heterocycles. The van der Waals surface area contributed by atoms with Crippen LogP contribution in [0.15, 0.2) is 43.1 Å². The van der Waals surface area contributed by atoms with Crippen LogP contribution in [0.1, 0.15) is 0 Å². The molecule has 0 unspecified atom stereocenters. The van der Waals surface area contributed by atoms with Gasteiger partial charge in [0.2, 0.25) is 0 Å². The van der Waals surface area contributed by atoms with Gasteiger partial charge in [0.05, 0.1) is 0 Å². The van der Waals surface area contributed by atoms with Crippen molar-refractivity contribution in [2.24, 2.45) is 0 Å². The van der Waals surface area contributed by atoms with E-state index in [-0.39, 0.29) is 0 Å². The Balaban J connectivity index is 2.78. The summed E-state index contributed by atoms with van der Waals surface area (Å²) in [5.41, 5.74) is 0.486. The molecule has 0 amide bonds. The molecule has 4 heteroatoms. The molecule has 0 saturated heterocycles. The van der Waals surface area contributed by atoms with Crippen LogP contribution < -0.4 is 4.90 Å². The van der Waals surface area contributed by atoms with Crippen molar-refractivity contribution in [1.82, 2.24) is 0 Å². The van der Waals surface area contributed by atoms with Gasteiger partial charge in [-0.05, 0) is 18.3 Å². The molecule has 76 valence electrons. The van der Waals surface area contributed by atoms with Gasteiger partial charge in [-0.25, -0.2) is 0 Å². The Hall–Kier alpha value is -1.45. The zero-order chi connectivity index (χ0) is 10.6. The highest BCUT2D eigenvalue weighted by Gasteiger charge is 2.29. The quantitative estimate of drug-likeness (QED) is 0.725. The first-order valence-electron chi connectivity index (χ1n) is 4.04. The second-order valence-electron chi connectivity index (χ2n) is 2.76. The van der Waals surface area contributed by atoms with Crippen molar-refractivity contribution >= 4 is 5.69 Å². The van der Waals surface area contributed by atoms with Gasteiger partial charge in [-0.2, -0.15) is 13.2 Å². The Morgan fingerprint density at radius 3 is 2.21 bits per heavy atom. The summed E-state index contributed by atoms with van der Waals surface area (Å²) in [6, 6.07) is 8.32. The third-order valence-electron chi connectivity index (χ3n) is 1.66. The van der Waals surface area contributed by atoms with E-state index in [2.05, 4.69) is 6.58 Å². The van der Waals surface area contributed by atoms with Crippen LogP contribution in [-0.4, -0.2) is 12.7 Å². The van der Waals surface area contributed by atoms with Crippen molar-refractivity contribution in [3.05, 3.63) is 43.1 Å². The summed E-state index contributed by atoms with van der Waals surface area (Å²) in [6.07, 6.45) is -3.05. The highest BCUT2D eigenvalue weighted by Crippen LogP contribution is 2.21. The van der Waals surface area contributed by atoms with Crippen molar-refractivity contribution in [2.45, 2.75) is 6.18 Å². The van der Waals surface area contributed by atoms with Crippen molar-refractivity contribution in [1.29, 1.82) is 0 Å². The van der Waals surface area contributed by atoms with E-state index in [1.165, 1.54) is 6.20 Å². The van der Waals surface area contributed by atoms with Crippen molar-refractivity contribution in [3.63, 3.8) is 0 Å². The highest BCUT2D eigenvalue weighted by atomic mass is 19.4. The Morgan fingerprint density at radius 1 is 1.21 bits per heavy atom. The van der Waals surface area contributed by atoms with Crippen molar-refractivity contribution < 1.29 is 13.2 Å². The molecule has 0 aliphatic heterocycles. The van der Waals surface area contributed by atoms with Crippen LogP contribution in [0.25, 0.3) is 0 Å². The molecule has 0 aromatic heterocycles. The first-order chi connectivity index (χ1) is 6.53. The van der Waals surface area contributed by atoms with E-state index in [1.807, 2.05) is 0 Å². The number of nitrogens with zero attached hydrogens (tertiary/aromatic N) is 1. The average Bonchev–Trinajstić information content (AvgIpc) is 2.14. The van der Waals surface area contributed by atoms with E-state index in [0.717, 1.165) is 4.90 Å². The molecular formula is C10H10F3N. The molecule has 0 radical (unpaired) electrons. The third-order valence-corrected chi connectivity index (χ3v) is 1.66. The largest absolute Gasteiger partial charge is 0.406 e. The molecule has 0 fully saturated rings. The van der Waals surface area contributed by atoms with Gasteiger partial charge in [-0.15, -0.1) is 0 Å². The van der Waals surface area contributed by atoms with E-state index in [4.69, 9.17) is 0 Å². The summed E-state index contributed by atoms with van der Waals surface area (Å²) in [4.78, 5) is 1.06. The summed E-state index contributed by atoms with van der Waals surface area (Å²) >= 11 is 0. The zero-order valence-electron chi connectivity index (χ0n) is 7.46. The van der Waals surface area contributed by atoms with Gasteiger partial charge in [0.15, 0.2) is 0 Å². The summed E-state index contributed by atoms with van der Waals surface area (Å²) in [7, 11) is 0. The molecule has 1 aromatic rings. The van der Waals surface area contributed by atoms with Crippen LogP contribution in [0.2, 0.25) is 0 Å². The molecular weight excluding hydrogens is 191 g/mol. The lowest BCUT2D eigenvalue weighted by Gasteiger charge is -2.21. The first kappa shape index (κ1) is 10.6. The molecule has 1 nitrogen and oxygen atoms in total. The molecule has 14 heavy (non-hydrogen) atoms. The maximum absolute atomic E-state index is 12.1. The average molecular weight is 201 g/mol. The highest BCUT2D eigenvalue weighted by molar-refractivity contribution is 5.48. The molecule has 0 saturated carbocycles. The minimum Gasteiger partial charge on any atom is -0.339 e. The summed E-state index contributed by atoms with van der Waals surface area (Å²) in [5.74, 6) is 0. The smallest absolute Gasteiger partial charge is 0.339 e. The number of anilines is 1. The van der Waals surface area contributed by atoms with Crippen LogP contribution in [0, 0.1) is 0 Å². The summed E-state index contributed by atoms with van der Waals surface area (Å²) in [5, 5.41) is 0. The molecule has 0 N–H and O–H groups in total. The maximum atomic E-state index is 12.1. The van der Waals surface area contributed by atoms with Gasteiger partial charge in [-0.1, -0.05) is 24.8 Å². The number of alkyl halides is 3. The summed E-state index contributed by atoms with van der Waals surface area (Å²) in [6.45, 7) is 2.33. The van der Waals surface area contributed by atoms with E-state index in [9.17, 15) is 13.2 Å². The first-order valence-corrected chi connectivity index (χ1v) is 4.04. The van der Waals surface area contributed by atoms with Crippen LogP contribution in [0.3, 0.4) is 0 Å². The topological polar surface area (TPSA) is 3.24 Å². The Bertz CT molecular complexity index is 292. The third kappa shape index (κ3) is 3.12. The fraction of sp³-hybridized carbons (Fsp3) is 0.200. The van der Waals surface area contributed by atoms with E-state index in [0.29, 0.717) is 5.69 Å². The fourth-order valence-electron chi connectivity index (χ4n) is 1.07. The lowest BCUT2D eigenvalue weighted by Crippen LogP contribution is -2.29. The second-order valence-corrected chi connectivity index (χ2v) is 2.76. The lowest BCUT2D eigenvalue weighted by atomic mass is 10.3. The number of rotatable bonds is 3. The maximum Gasteiger partial charge on any atom is 0.406 e. The molecule has 0 spiro atoms. The van der Waals surface area contributed by atoms with E-state index >= 15 is 0 Å². The molecule has 0 atom stereocenters. The van der Waals surface area contributed by atoms with Crippen molar-refractivity contribution in [2.75, 3.05) is 11.4 Å². The molecule has 0 bridgehead atoms. The van der Waals surface area contributed by atoms with Gasteiger partial charge in [-0.3, -0.25) is 0 Å². The number of para-hydroxylation sites is 1. The Kier molecular flexibility index (Phi) is 3.17. The molecule has 1 rings (SSSR count). The van der Waals surface area contributed by atoms with E-state index < -0.39 is 12.7 Å². The van der Waals surface area contributed by atoms with Gasteiger partial charge in [0.25, 0.3) is 0 Å².